The van der Waals surface area contributed by atoms with Gasteiger partial charge in [-0.1, -0.05) is 26.2 Å². The van der Waals surface area contributed by atoms with E-state index in [0.717, 1.165) is 12.6 Å². The summed E-state index contributed by atoms with van der Waals surface area (Å²) in [7, 11) is 2.26. The summed E-state index contributed by atoms with van der Waals surface area (Å²) < 4.78 is 0. The first-order valence-electron chi connectivity index (χ1n) is 6.07. The SMILES string of the molecule is CC(N)C(C)CN(C)C1CCCCC1. The van der Waals surface area contributed by atoms with E-state index in [-0.39, 0.29) is 0 Å². The van der Waals surface area contributed by atoms with Crippen molar-refractivity contribution in [2.75, 3.05) is 13.6 Å². The van der Waals surface area contributed by atoms with Crippen LogP contribution in [-0.4, -0.2) is 30.6 Å². The lowest BCUT2D eigenvalue weighted by Crippen LogP contribution is -2.40. The summed E-state index contributed by atoms with van der Waals surface area (Å²) in [6.07, 6.45) is 7.06. The fourth-order valence-corrected chi connectivity index (χ4v) is 2.29. The van der Waals surface area contributed by atoms with Crippen molar-refractivity contribution >= 4 is 0 Å². The van der Waals surface area contributed by atoms with Crippen molar-refractivity contribution in [3.63, 3.8) is 0 Å². The highest BCUT2D eigenvalue weighted by Crippen LogP contribution is 2.22. The summed E-state index contributed by atoms with van der Waals surface area (Å²) in [6.45, 7) is 5.52. The van der Waals surface area contributed by atoms with Gasteiger partial charge in [-0.3, -0.25) is 0 Å². The van der Waals surface area contributed by atoms with Gasteiger partial charge in [0.2, 0.25) is 0 Å². The molecule has 0 aromatic heterocycles. The van der Waals surface area contributed by atoms with Crippen molar-refractivity contribution in [3.8, 4) is 0 Å². The number of rotatable bonds is 4. The topological polar surface area (TPSA) is 29.3 Å². The van der Waals surface area contributed by atoms with Crippen LogP contribution >= 0.6 is 0 Å². The third kappa shape index (κ3) is 3.58. The van der Waals surface area contributed by atoms with Gasteiger partial charge in [0, 0.05) is 18.6 Å². The van der Waals surface area contributed by atoms with Crippen molar-refractivity contribution in [2.45, 2.75) is 58.0 Å². The summed E-state index contributed by atoms with van der Waals surface area (Å²) in [5.41, 5.74) is 5.89. The van der Waals surface area contributed by atoms with Crippen molar-refractivity contribution in [3.05, 3.63) is 0 Å². The minimum atomic E-state index is 0.320. The molecule has 2 N–H and O–H groups in total. The molecule has 2 nitrogen and oxygen atoms in total. The van der Waals surface area contributed by atoms with Crippen LogP contribution in [0.3, 0.4) is 0 Å². The van der Waals surface area contributed by atoms with E-state index in [4.69, 9.17) is 5.73 Å². The van der Waals surface area contributed by atoms with Crippen molar-refractivity contribution in [1.29, 1.82) is 0 Å². The molecule has 1 fully saturated rings. The van der Waals surface area contributed by atoms with Gasteiger partial charge in [0.15, 0.2) is 0 Å². The predicted octanol–water partition coefficient (Wildman–Crippen LogP) is 2.23. The molecule has 1 aliphatic rings. The van der Waals surface area contributed by atoms with Gasteiger partial charge >= 0.3 is 0 Å². The summed E-state index contributed by atoms with van der Waals surface area (Å²) in [5, 5.41) is 0. The maximum Gasteiger partial charge on any atom is 0.00923 e. The van der Waals surface area contributed by atoms with Crippen molar-refractivity contribution in [2.24, 2.45) is 11.7 Å². The second kappa shape index (κ2) is 5.72. The van der Waals surface area contributed by atoms with Crippen molar-refractivity contribution in [1.82, 2.24) is 4.90 Å². The zero-order valence-electron chi connectivity index (χ0n) is 10.00. The van der Waals surface area contributed by atoms with Crippen LogP contribution in [0.15, 0.2) is 0 Å². The number of hydrogen-bond donors (Lipinski definition) is 1. The Kier molecular flexibility index (Phi) is 4.90. The van der Waals surface area contributed by atoms with E-state index in [1.807, 2.05) is 0 Å². The van der Waals surface area contributed by atoms with Gasteiger partial charge in [-0.15, -0.1) is 0 Å². The highest BCUT2D eigenvalue weighted by molar-refractivity contribution is 4.76. The van der Waals surface area contributed by atoms with Crippen molar-refractivity contribution < 1.29 is 0 Å². The Morgan fingerprint density at radius 3 is 2.29 bits per heavy atom. The van der Waals surface area contributed by atoms with Crippen LogP contribution in [0.5, 0.6) is 0 Å². The Labute approximate surface area is 88.8 Å². The molecule has 0 heterocycles. The molecule has 0 aromatic carbocycles. The van der Waals surface area contributed by atoms with Crippen LogP contribution in [0, 0.1) is 5.92 Å². The van der Waals surface area contributed by atoms with Gasteiger partial charge in [-0.25, -0.2) is 0 Å². The average Bonchev–Trinajstić information content (AvgIpc) is 2.19. The van der Waals surface area contributed by atoms with E-state index in [1.54, 1.807) is 0 Å². The molecule has 2 atom stereocenters. The third-order valence-electron chi connectivity index (χ3n) is 3.67. The molecule has 84 valence electrons. The lowest BCUT2D eigenvalue weighted by molar-refractivity contribution is 0.164. The van der Waals surface area contributed by atoms with E-state index in [9.17, 15) is 0 Å². The van der Waals surface area contributed by atoms with Gasteiger partial charge in [-0.05, 0) is 32.7 Å². The van der Waals surface area contributed by atoms with Gasteiger partial charge in [0.25, 0.3) is 0 Å². The smallest absolute Gasteiger partial charge is 0.00923 e. The lowest BCUT2D eigenvalue weighted by atomic mass is 9.93. The van der Waals surface area contributed by atoms with Gasteiger partial charge in [0.05, 0.1) is 0 Å². The first kappa shape index (κ1) is 12.0. The molecule has 0 radical (unpaired) electrons. The van der Waals surface area contributed by atoms with E-state index in [2.05, 4.69) is 25.8 Å². The Morgan fingerprint density at radius 2 is 1.79 bits per heavy atom. The van der Waals surface area contributed by atoms with E-state index in [1.165, 1.54) is 32.1 Å². The van der Waals surface area contributed by atoms with Crippen LogP contribution in [0.25, 0.3) is 0 Å². The number of hydrogen-bond acceptors (Lipinski definition) is 2. The molecular formula is C12H26N2. The zero-order chi connectivity index (χ0) is 10.6. The molecular weight excluding hydrogens is 172 g/mol. The second-order valence-corrected chi connectivity index (χ2v) is 5.07. The zero-order valence-corrected chi connectivity index (χ0v) is 10.00. The summed E-state index contributed by atoms with van der Waals surface area (Å²) in [4.78, 5) is 2.52. The van der Waals surface area contributed by atoms with Crippen LogP contribution in [0.4, 0.5) is 0 Å². The maximum atomic E-state index is 5.89. The summed E-state index contributed by atoms with van der Waals surface area (Å²) >= 11 is 0. The molecule has 0 aliphatic heterocycles. The molecule has 1 rings (SSSR count). The van der Waals surface area contributed by atoms with Gasteiger partial charge < -0.3 is 10.6 Å². The maximum absolute atomic E-state index is 5.89. The Balaban J connectivity index is 2.28. The summed E-state index contributed by atoms with van der Waals surface area (Å²) in [5.74, 6) is 0.613. The molecule has 0 saturated heterocycles. The molecule has 2 unspecified atom stereocenters. The predicted molar refractivity (Wildman–Crippen MR) is 62.3 cm³/mol. The average molecular weight is 198 g/mol. The fourth-order valence-electron chi connectivity index (χ4n) is 2.29. The fraction of sp³-hybridized carbons (Fsp3) is 1.00. The van der Waals surface area contributed by atoms with Gasteiger partial charge in [0.1, 0.15) is 0 Å². The minimum absolute atomic E-state index is 0.320. The van der Waals surface area contributed by atoms with Crippen LogP contribution < -0.4 is 5.73 Å². The van der Waals surface area contributed by atoms with Crippen LogP contribution in [-0.2, 0) is 0 Å². The molecule has 0 spiro atoms. The number of nitrogens with zero attached hydrogens (tertiary/aromatic N) is 1. The molecule has 0 amide bonds. The molecule has 2 heteroatoms. The van der Waals surface area contributed by atoms with Crippen LogP contribution in [0.1, 0.15) is 46.0 Å². The Morgan fingerprint density at radius 1 is 1.21 bits per heavy atom. The lowest BCUT2D eigenvalue weighted by Gasteiger charge is -2.33. The van der Waals surface area contributed by atoms with Crippen LogP contribution in [0.2, 0.25) is 0 Å². The molecule has 14 heavy (non-hydrogen) atoms. The second-order valence-electron chi connectivity index (χ2n) is 5.07. The first-order chi connectivity index (χ1) is 6.61. The first-order valence-corrected chi connectivity index (χ1v) is 6.07. The highest BCUT2D eigenvalue weighted by atomic mass is 15.1. The number of nitrogens with two attached hydrogens (primary N) is 1. The normalized spacial score (nSPS) is 23.8. The molecule has 0 aromatic rings. The van der Waals surface area contributed by atoms with E-state index in [0.29, 0.717) is 12.0 Å². The van der Waals surface area contributed by atoms with Gasteiger partial charge in [-0.2, -0.15) is 0 Å². The third-order valence-corrected chi connectivity index (χ3v) is 3.67. The Bertz CT molecular complexity index is 150. The summed E-state index contributed by atoms with van der Waals surface area (Å²) in [6, 6.07) is 1.14. The highest BCUT2D eigenvalue weighted by Gasteiger charge is 2.20. The van der Waals surface area contributed by atoms with E-state index >= 15 is 0 Å². The molecule has 1 aliphatic carbocycles. The standard InChI is InChI=1S/C12H26N2/c1-10(11(2)13)9-14(3)12-7-5-4-6-8-12/h10-12H,4-9,13H2,1-3H3. The quantitative estimate of drug-likeness (QED) is 0.750. The largest absolute Gasteiger partial charge is 0.328 e. The Hall–Kier alpha value is -0.0800. The van der Waals surface area contributed by atoms with E-state index < -0.39 is 0 Å². The molecule has 0 bridgehead atoms. The molecule has 1 saturated carbocycles. The monoisotopic (exact) mass is 198 g/mol. The minimum Gasteiger partial charge on any atom is -0.328 e.